The maximum Gasteiger partial charge on any atom is 0.343 e. The number of hydrazone groups is 1. The Labute approximate surface area is 222 Å². The fourth-order valence-electron chi connectivity index (χ4n) is 3.57. The third-order valence-electron chi connectivity index (χ3n) is 5.74. The normalized spacial score (nSPS) is 11.7. The molecule has 0 fully saturated rings. The molecule has 1 amide bonds. The van der Waals surface area contributed by atoms with E-state index in [-0.39, 0.29) is 5.91 Å². The van der Waals surface area contributed by atoms with Crippen LogP contribution in [0, 0.1) is 0 Å². The summed E-state index contributed by atoms with van der Waals surface area (Å²) in [5, 5.41) is 6.14. The molecule has 7 heteroatoms. The summed E-state index contributed by atoms with van der Waals surface area (Å²) >= 11 is 0. The lowest BCUT2D eigenvalue weighted by Crippen LogP contribution is -2.33. The van der Waals surface area contributed by atoms with Crippen LogP contribution in [0.3, 0.4) is 0 Å². The Hall–Kier alpha value is -4.65. The van der Waals surface area contributed by atoms with Gasteiger partial charge in [0.2, 0.25) is 0 Å². The Kier molecular flexibility index (Phi) is 9.07. The average molecular weight is 511 g/mol. The van der Waals surface area contributed by atoms with E-state index in [1.165, 1.54) is 6.21 Å². The molecule has 0 aliphatic heterocycles. The van der Waals surface area contributed by atoms with Crippen molar-refractivity contribution in [2.45, 2.75) is 32.8 Å². The van der Waals surface area contributed by atoms with E-state index in [9.17, 15) is 9.59 Å². The Morgan fingerprint density at radius 2 is 1.55 bits per heavy atom. The number of ether oxygens (including phenoxy) is 3. The molecule has 0 saturated carbocycles. The van der Waals surface area contributed by atoms with E-state index >= 15 is 0 Å². The van der Waals surface area contributed by atoms with E-state index in [2.05, 4.69) is 17.5 Å². The number of hydrogen-bond donors (Lipinski definition) is 1. The Morgan fingerprint density at radius 3 is 2.29 bits per heavy atom. The van der Waals surface area contributed by atoms with Gasteiger partial charge in [0, 0.05) is 0 Å². The summed E-state index contributed by atoms with van der Waals surface area (Å²) in [6.45, 7) is 4.42. The van der Waals surface area contributed by atoms with Crippen molar-refractivity contribution < 1.29 is 23.8 Å². The van der Waals surface area contributed by atoms with Gasteiger partial charge in [0.1, 0.15) is 17.2 Å². The number of esters is 1. The number of amides is 1. The van der Waals surface area contributed by atoms with Gasteiger partial charge < -0.3 is 14.2 Å². The lowest BCUT2D eigenvalue weighted by atomic mass is 10.1. The second-order valence-electron chi connectivity index (χ2n) is 8.69. The molecule has 38 heavy (non-hydrogen) atoms. The predicted octanol–water partition coefficient (Wildman–Crippen LogP) is 6.16. The lowest BCUT2D eigenvalue weighted by molar-refractivity contribution is -0.127. The quantitative estimate of drug-likeness (QED) is 0.0859. The van der Waals surface area contributed by atoms with Gasteiger partial charge in [-0.25, -0.2) is 10.2 Å². The molecule has 1 atom stereocenters. The summed E-state index contributed by atoms with van der Waals surface area (Å²) in [5.41, 5.74) is 3.64. The number of nitrogens with one attached hydrogen (secondary N) is 1. The summed E-state index contributed by atoms with van der Waals surface area (Å²) in [6.07, 6.45) is 2.82. The molecule has 0 aliphatic rings. The minimum atomic E-state index is -0.730. The van der Waals surface area contributed by atoms with Crippen molar-refractivity contribution in [3.8, 4) is 17.2 Å². The van der Waals surface area contributed by atoms with Gasteiger partial charge in [0.25, 0.3) is 5.91 Å². The highest BCUT2D eigenvalue weighted by Gasteiger charge is 2.14. The van der Waals surface area contributed by atoms with Gasteiger partial charge in [-0.3, -0.25) is 4.79 Å². The first-order valence-corrected chi connectivity index (χ1v) is 12.6. The maximum absolute atomic E-state index is 12.4. The number of carbonyl (C=O) groups is 2. The summed E-state index contributed by atoms with van der Waals surface area (Å²) in [4.78, 5) is 24.8. The average Bonchev–Trinajstić information content (AvgIpc) is 2.94. The van der Waals surface area contributed by atoms with Crippen molar-refractivity contribution in [3.05, 3.63) is 102 Å². The highest BCUT2D eigenvalue weighted by molar-refractivity contribution is 5.91. The van der Waals surface area contributed by atoms with Crippen LogP contribution >= 0.6 is 0 Å². The molecular weight excluding hydrogens is 480 g/mol. The molecule has 4 rings (SSSR count). The van der Waals surface area contributed by atoms with Crippen LogP contribution in [0.5, 0.6) is 17.2 Å². The molecule has 0 bridgehead atoms. The summed E-state index contributed by atoms with van der Waals surface area (Å²) in [7, 11) is 0. The zero-order chi connectivity index (χ0) is 26.7. The summed E-state index contributed by atoms with van der Waals surface area (Å²) in [5.74, 6) is 0.898. The standard InChI is InChI=1S/C31H30N2O5/c1-3-4-19-36-27-16-12-25(13-17-27)31(35)38-28-14-9-23(10-15-28)21-32-33-30(34)22(2)37-29-18-11-24-7-5-6-8-26(24)20-29/h5-18,20-22H,3-4,19H2,1-2H3,(H,33,34)/b32-21-/t22-/m0/s1. The van der Waals surface area contributed by atoms with E-state index < -0.39 is 12.1 Å². The number of nitrogens with zero attached hydrogens (tertiary/aromatic N) is 1. The third kappa shape index (κ3) is 7.43. The molecule has 4 aromatic rings. The first-order valence-electron chi connectivity index (χ1n) is 12.6. The second-order valence-corrected chi connectivity index (χ2v) is 8.69. The monoisotopic (exact) mass is 510 g/mol. The van der Waals surface area contributed by atoms with Crippen LogP contribution in [0.25, 0.3) is 10.8 Å². The molecule has 0 radical (unpaired) electrons. The molecule has 0 unspecified atom stereocenters. The number of hydrogen-bond acceptors (Lipinski definition) is 6. The maximum atomic E-state index is 12.4. The molecule has 0 spiro atoms. The van der Waals surface area contributed by atoms with E-state index in [0.29, 0.717) is 23.7 Å². The van der Waals surface area contributed by atoms with Crippen molar-refractivity contribution in [3.63, 3.8) is 0 Å². The van der Waals surface area contributed by atoms with E-state index in [4.69, 9.17) is 14.2 Å². The first kappa shape index (κ1) is 26.4. The van der Waals surface area contributed by atoms with Crippen LogP contribution in [0.15, 0.2) is 96.1 Å². The van der Waals surface area contributed by atoms with Crippen LogP contribution in [-0.4, -0.2) is 30.8 Å². The van der Waals surface area contributed by atoms with Crippen LogP contribution in [0.1, 0.15) is 42.6 Å². The first-order chi connectivity index (χ1) is 18.5. The van der Waals surface area contributed by atoms with Gasteiger partial charge in [0.15, 0.2) is 6.10 Å². The molecule has 7 nitrogen and oxygen atoms in total. The number of unbranched alkanes of at least 4 members (excludes halogenated alkanes) is 1. The van der Waals surface area contributed by atoms with Crippen molar-refractivity contribution in [1.29, 1.82) is 0 Å². The Morgan fingerprint density at radius 1 is 0.868 bits per heavy atom. The zero-order valence-electron chi connectivity index (χ0n) is 21.4. The highest BCUT2D eigenvalue weighted by Crippen LogP contribution is 2.21. The van der Waals surface area contributed by atoms with Gasteiger partial charge in [-0.15, -0.1) is 0 Å². The molecular formula is C31H30N2O5. The smallest absolute Gasteiger partial charge is 0.343 e. The topological polar surface area (TPSA) is 86.2 Å². The van der Waals surface area contributed by atoms with E-state index in [0.717, 1.165) is 34.9 Å². The minimum absolute atomic E-state index is 0.373. The van der Waals surface area contributed by atoms with E-state index in [1.807, 2.05) is 42.5 Å². The van der Waals surface area contributed by atoms with Gasteiger partial charge >= 0.3 is 5.97 Å². The van der Waals surface area contributed by atoms with E-state index in [1.54, 1.807) is 55.5 Å². The lowest BCUT2D eigenvalue weighted by Gasteiger charge is -2.13. The molecule has 1 N–H and O–H groups in total. The fraction of sp³-hybridized carbons (Fsp3) is 0.194. The highest BCUT2D eigenvalue weighted by atomic mass is 16.5. The number of carbonyl (C=O) groups excluding carboxylic acids is 2. The molecule has 4 aromatic carbocycles. The molecule has 0 aromatic heterocycles. The van der Waals surface area contributed by atoms with Crippen LogP contribution in [0.4, 0.5) is 0 Å². The van der Waals surface area contributed by atoms with Gasteiger partial charge in [-0.2, -0.15) is 5.10 Å². The van der Waals surface area contributed by atoms with Crippen LogP contribution in [0.2, 0.25) is 0 Å². The van der Waals surface area contributed by atoms with Gasteiger partial charge in [-0.1, -0.05) is 43.7 Å². The van der Waals surface area contributed by atoms with Crippen molar-refractivity contribution in [1.82, 2.24) is 5.43 Å². The second kappa shape index (κ2) is 13.1. The third-order valence-corrected chi connectivity index (χ3v) is 5.74. The van der Waals surface area contributed by atoms with Crippen molar-refractivity contribution in [2.24, 2.45) is 5.10 Å². The molecule has 0 heterocycles. The van der Waals surface area contributed by atoms with Crippen molar-refractivity contribution >= 4 is 28.9 Å². The van der Waals surface area contributed by atoms with Gasteiger partial charge in [-0.05, 0) is 90.3 Å². The van der Waals surface area contributed by atoms with Crippen LogP contribution in [-0.2, 0) is 4.79 Å². The van der Waals surface area contributed by atoms with Crippen molar-refractivity contribution in [2.75, 3.05) is 6.61 Å². The largest absolute Gasteiger partial charge is 0.494 e. The molecule has 194 valence electrons. The zero-order valence-corrected chi connectivity index (χ0v) is 21.4. The summed E-state index contributed by atoms with van der Waals surface area (Å²) in [6, 6.07) is 27.3. The number of rotatable bonds is 11. The number of fused-ring (bicyclic) bond motifs is 1. The predicted molar refractivity (Wildman–Crippen MR) is 148 cm³/mol. The molecule has 0 aliphatic carbocycles. The number of benzene rings is 4. The SMILES string of the molecule is CCCCOc1ccc(C(=O)Oc2ccc(/C=N\NC(=O)[C@H](C)Oc3ccc4ccccc4c3)cc2)cc1. The Balaban J connectivity index is 1.24. The van der Waals surface area contributed by atoms with Gasteiger partial charge in [0.05, 0.1) is 18.4 Å². The molecule has 0 saturated heterocycles. The minimum Gasteiger partial charge on any atom is -0.494 e. The summed E-state index contributed by atoms with van der Waals surface area (Å²) < 4.78 is 16.8. The Bertz CT molecular complexity index is 1400. The fourth-order valence-corrected chi connectivity index (χ4v) is 3.57. The van der Waals surface area contributed by atoms with Crippen LogP contribution < -0.4 is 19.6 Å².